The molecule has 2 nitrogen and oxygen atoms in total. The maximum atomic E-state index is 6.07. The molecule has 0 spiro atoms. The molecule has 1 saturated heterocycles. The molecule has 0 aromatic rings. The molecule has 5 unspecified atom stereocenters. The molecule has 1 heterocycles. The van der Waals surface area contributed by atoms with Crippen molar-refractivity contribution in [3.63, 3.8) is 0 Å². The topological polar surface area (TPSA) is 18.5 Å². The van der Waals surface area contributed by atoms with E-state index in [1.54, 1.807) is 0 Å². The average molecular weight is 210 g/mol. The highest BCUT2D eigenvalue weighted by atomic mass is 28.4. The summed E-state index contributed by atoms with van der Waals surface area (Å²) in [5, 5.41) is 0. The van der Waals surface area contributed by atoms with Gasteiger partial charge in [0.2, 0.25) is 0 Å². The lowest BCUT2D eigenvalue weighted by molar-refractivity contribution is 0.245. The molecule has 2 aliphatic carbocycles. The third-order valence-electron chi connectivity index (χ3n) is 3.99. The Morgan fingerprint density at radius 1 is 1.29 bits per heavy atom. The number of fused-ring (bicyclic) bond motifs is 2. The number of hydrogen-bond acceptors (Lipinski definition) is 2. The first kappa shape index (κ1) is 9.13. The molecule has 78 valence electrons. The molecule has 5 atom stereocenters. The predicted molar refractivity (Wildman–Crippen MR) is 57.2 cm³/mol. The normalized spacial score (nSPS) is 55.9. The Kier molecular flexibility index (Phi) is 1.91. The van der Waals surface area contributed by atoms with E-state index in [0.29, 0.717) is 6.10 Å². The maximum absolute atomic E-state index is 6.07. The van der Waals surface area contributed by atoms with Crippen molar-refractivity contribution in [1.29, 1.82) is 0 Å². The average Bonchev–Trinajstić information content (AvgIpc) is 2.80. The van der Waals surface area contributed by atoms with Gasteiger partial charge >= 0.3 is 8.56 Å². The summed E-state index contributed by atoms with van der Waals surface area (Å²) in [4.78, 5) is 0. The van der Waals surface area contributed by atoms with Crippen LogP contribution >= 0.6 is 0 Å². The fourth-order valence-electron chi connectivity index (χ4n) is 3.33. The zero-order chi connectivity index (χ0) is 9.76. The number of rotatable bonds is 1. The minimum Gasteiger partial charge on any atom is -0.392 e. The molecule has 0 aromatic heterocycles. The van der Waals surface area contributed by atoms with Crippen molar-refractivity contribution < 1.29 is 8.85 Å². The van der Waals surface area contributed by atoms with Gasteiger partial charge in [0.1, 0.15) is 0 Å². The minimum absolute atomic E-state index is 0.328. The summed E-state index contributed by atoms with van der Waals surface area (Å²) in [6, 6.07) is 0. The SMILES string of the molecule is CC1CO[Si](C)(C2CC3C=CC2C3)O1. The Labute approximate surface area is 86.5 Å². The molecule has 14 heavy (non-hydrogen) atoms. The van der Waals surface area contributed by atoms with Gasteiger partial charge in [-0.05, 0) is 38.1 Å². The van der Waals surface area contributed by atoms with Crippen LogP contribution in [0.2, 0.25) is 12.1 Å². The molecule has 2 bridgehead atoms. The van der Waals surface area contributed by atoms with Crippen molar-refractivity contribution >= 4 is 8.56 Å². The van der Waals surface area contributed by atoms with Crippen molar-refractivity contribution in [2.24, 2.45) is 11.8 Å². The molecule has 3 rings (SSSR count). The Morgan fingerprint density at radius 2 is 2.14 bits per heavy atom. The zero-order valence-electron chi connectivity index (χ0n) is 8.90. The van der Waals surface area contributed by atoms with Crippen LogP contribution in [0.5, 0.6) is 0 Å². The van der Waals surface area contributed by atoms with Crippen LogP contribution in [0.15, 0.2) is 12.2 Å². The minimum atomic E-state index is -1.82. The van der Waals surface area contributed by atoms with E-state index in [2.05, 4.69) is 25.6 Å². The van der Waals surface area contributed by atoms with E-state index < -0.39 is 8.56 Å². The molecular formula is C11H18O2Si. The zero-order valence-corrected chi connectivity index (χ0v) is 9.90. The van der Waals surface area contributed by atoms with Gasteiger partial charge in [-0.2, -0.15) is 0 Å². The van der Waals surface area contributed by atoms with Crippen molar-refractivity contribution in [2.45, 2.75) is 38.0 Å². The van der Waals surface area contributed by atoms with E-state index in [-0.39, 0.29) is 0 Å². The van der Waals surface area contributed by atoms with Crippen LogP contribution < -0.4 is 0 Å². The van der Waals surface area contributed by atoms with Crippen molar-refractivity contribution in [3.05, 3.63) is 12.2 Å². The highest BCUT2D eigenvalue weighted by Gasteiger charge is 2.53. The third kappa shape index (κ3) is 1.22. The summed E-state index contributed by atoms with van der Waals surface area (Å²) in [6.07, 6.45) is 7.78. The quantitative estimate of drug-likeness (QED) is 0.489. The number of allylic oxidation sites excluding steroid dienone is 2. The lowest BCUT2D eigenvalue weighted by Gasteiger charge is -2.30. The first-order valence-electron chi connectivity index (χ1n) is 5.67. The van der Waals surface area contributed by atoms with Gasteiger partial charge in [-0.25, -0.2) is 0 Å². The Morgan fingerprint density at radius 3 is 2.64 bits per heavy atom. The smallest absolute Gasteiger partial charge is 0.339 e. The standard InChI is InChI=1S/C11H18O2Si/c1-8-7-12-14(2,13-8)11-6-9-3-4-10(11)5-9/h3-4,8-11H,5-7H2,1-2H3. The Balaban J connectivity index is 1.80. The van der Waals surface area contributed by atoms with Crippen LogP contribution in [0, 0.1) is 11.8 Å². The second-order valence-corrected chi connectivity index (χ2v) is 8.44. The molecule has 0 N–H and O–H groups in total. The monoisotopic (exact) mass is 210 g/mol. The lowest BCUT2D eigenvalue weighted by Crippen LogP contribution is -2.40. The summed E-state index contributed by atoms with van der Waals surface area (Å²) in [5.74, 6) is 1.60. The van der Waals surface area contributed by atoms with Crippen LogP contribution in [0.3, 0.4) is 0 Å². The van der Waals surface area contributed by atoms with Crippen LogP contribution in [0.4, 0.5) is 0 Å². The third-order valence-corrected chi connectivity index (χ3v) is 7.61. The van der Waals surface area contributed by atoms with E-state index in [9.17, 15) is 0 Å². The van der Waals surface area contributed by atoms with Gasteiger partial charge < -0.3 is 8.85 Å². The van der Waals surface area contributed by atoms with E-state index in [1.807, 2.05) is 0 Å². The fraction of sp³-hybridized carbons (Fsp3) is 0.818. The van der Waals surface area contributed by atoms with Crippen LogP contribution in [-0.4, -0.2) is 21.3 Å². The molecule has 0 aromatic carbocycles. The van der Waals surface area contributed by atoms with Gasteiger partial charge in [-0.15, -0.1) is 0 Å². The molecule has 1 saturated carbocycles. The van der Waals surface area contributed by atoms with E-state index in [4.69, 9.17) is 8.85 Å². The molecule has 0 amide bonds. The van der Waals surface area contributed by atoms with E-state index in [0.717, 1.165) is 24.0 Å². The fourth-order valence-corrected chi connectivity index (χ4v) is 6.97. The van der Waals surface area contributed by atoms with E-state index >= 15 is 0 Å². The highest BCUT2D eigenvalue weighted by Crippen LogP contribution is 2.53. The second kappa shape index (κ2) is 2.94. The number of hydrogen-bond donors (Lipinski definition) is 0. The van der Waals surface area contributed by atoms with Gasteiger partial charge in [0.15, 0.2) is 0 Å². The summed E-state index contributed by atoms with van der Waals surface area (Å²) >= 11 is 0. The second-order valence-electron chi connectivity index (χ2n) is 5.14. The van der Waals surface area contributed by atoms with Crippen molar-refractivity contribution in [1.82, 2.24) is 0 Å². The van der Waals surface area contributed by atoms with Gasteiger partial charge in [0, 0.05) is 5.54 Å². The van der Waals surface area contributed by atoms with Crippen molar-refractivity contribution in [3.8, 4) is 0 Å². The summed E-state index contributed by atoms with van der Waals surface area (Å²) < 4.78 is 12.0. The molecular weight excluding hydrogens is 192 g/mol. The summed E-state index contributed by atoms with van der Waals surface area (Å²) in [6.45, 7) is 5.21. The van der Waals surface area contributed by atoms with Crippen LogP contribution in [0.1, 0.15) is 19.8 Å². The maximum Gasteiger partial charge on any atom is 0.339 e. The van der Waals surface area contributed by atoms with Crippen LogP contribution in [-0.2, 0) is 8.85 Å². The summed E-state index contributed by atoms with van der Waals surface area (Å²) in [5.41, 5.74) is 0.724. The van der Waals surface area contributed by atoms with Gasteiger partial charge in [-0.3, -0.25) is 0 Å². The van der Waals surface area contributed by atoms with Gasteiger partial charge in [-0.1, -0.05) is 12.2 Å². The Bertz CT molecular complexity index is 278. The molecule has 0 radical (unpaired) electrons. The highest BCUT2D eigenvalue weighted by molar-refractivity contribution is 6.68. The largest absolute Gasteiger partial charge is 0.392 e. The molecule has 3 aliphatic rings. The molecule has 2 fully saturated rings. The van der Waals surface area contributed by atoms with Gasteiger partial charge in [0.25, 0.3) is 0 Å². The lowest BCUT2D eigenvalue weighted by atomic mass is 10.1. The van der Waals surface area contributed by atoms with Crippen molar-refractivity contribution in [2.75, 3.05) is 6.61 Å². The molecule has 3 heteroatoms. The van der Waals surface area contributed by atoms with E-state index in [1.165, 1.54) is 12.8 Å². The van der Waals surface area contributed by atoms with Gasteiger partial charge in [0.05, 0.1) is 12.7 Å². The summed E-state index contributed by atoms with van der Waals surface area (Å²) in [7, 11) is -1.82. The van der Waals surface area contributed by atoms with Crippen LogP contribution in [0.25, 0.3) is 0 Å². The predicted octanol–water partition coefficient (Wildman–Crippen LogP) is 2.46. The Hall–Kier alpha value is -0.123. The first-order valence-corrected chi connectivity index (χ1v) is 8.07. The molecule has 1 aliphatic heterocycles. The first-order chi connectivity index (χ1) is 6.67.